The molecule has 1 unspecified atom stereocenters. The topological polar surface area (TPSA) is 83.1 Å². The number of nitrogens with zero attached hydrogens (tertiary/aromatic N) is 4. The van der Waals surface area contributed by atoms with Gasteiger partial charge in [0.15, 0.2) is 5.13 Å². The van der Waals surface area contributed by atoms with E-state index in [-0.39, 0.29) is 16.9 Å². The van der Waals surface area contributed by atoms with E-state index in [0.29, 0.717) is 30.4 Å². The SMILES string of the molecule is Cc1ccc2sc(N(CCCN(C)C)C(=O)c3ccc(S(=O)(=O)N(C)CC4CCCO4)cc3)nc2c1C. The fourth-order valence-electron chi connectivity index (χ4n) is 4.44. The summed E-state index contributed by atoms with van der Waals surface area (Å²) in [6.07, 6.45) is 2.53. The molecule has 1 amide bonds. The number of aromatic nitrogens is 1. The number of benzene rings is 2. The smallest absolute Gasteiger partial charge is 0.260 e. The lowest BCUT2D eigenvalue weighted by Gasteiger charge is -2.22. The van der Waals surface area contributed by atoms with Crippen molar-refractivity contribution in [1.29, 1.82) is 0 Å². The second-order valence-corrected chi connectivity index (χ2v) is 13.0. The third-order valence-corrected chi connectivity index (χ3v) is 9.71. The molecule has 8 nitrogen and oxygen atoms in total. The monoisotopic (exact) mass is 544 g/mol. The molecule has 2 aromatic carbocycles. The summed E-state index contributed by atoms with van der Waals surface area (Å²) in [6, 6.07) is 10.3. The van der Waals surface area contributed by atoms with Crippen molar-refractivity contribution in [3.05, 3.63) is 53.1 Å². The quantitative estimate of drug-likeness (QED) is 0.378. The lowest BCUT2D eigenvalue weighted by molar-refractivity contribution is 0.0978. The third kappa shape index (κ3) is 6.21. The number of hydrogen-bond acceptors (Lipinski definition) is 7. The molecule has 4 rings (SSSR count). The first-order chi connectivity index (χ1) is 17.6. The molecule has 0 N–H and O–H groups in total. The first-order valence-corrected chi connectivity index (χ1v) is 14.8. The van der Waals surface area contributed by atoms with Crippen molar-refractivity contribution in [2.75, 3.05) is 52.3 Å². The molecule has 1 atom stereocenters. The number of aryl methyl sites for hydroxylation is 2. The molecule has 3 aromatic rings. The first kappa shape index (κ1) is 27.7. The highest BCUT2D eigenvalue weighted by Gasteiger charge is 2.27. The van der Waals surface area contributed by atoms with Gasteiger partial charge in [-0.3, -0.25) is 9.69 Å². The van der Waals surface area contributed by atoms with E-state index >= 15 is 0 Å². The highest BCUT2D eigenvalue weighted by atomic mass is 32.2. The van der Waals surface area contributed by atoms with Crippen LogP contribution in [0.15, 0.2) is 41.3 Å². The number of carbonyl (C=O) groups excluding carboxylic acids is 1. The number of sulfonamides is 1. The molecule has 2 heterocycles. The van der Waals surface area contributed by atoms with Gasteiger partial charge in [0.1, 0.15) is 0 Å². The number of ether oxygens (including phenoxy) is 1. The number of amides is 1. The Bertz CT molecular complexity index is 1350. The average Bonchev–Trinajstić information content (AvgIpc) is 3.54. The molecule has 1 saturated heterocycles. The largest absolute Gasteiger partial charge is 0.377 e. The number of carbonyl (C=O) groups is 1. The summed E-state index contributed by atoms with van der Waals surface area (Å²) in [5, 5.41) is 0.653. The Morgan fingerprint density at radius 1 is 1.08 bits per heavy atom. The van der Waals surface area contributed by atoms with Gasteiger partial charge in [-0.1, -0.05) is 17.4 Å². The molecule has 0 aliphatic carbocycles. The van der Waals surface area contributed by atoms with E-state index in [4.69, 9.17) is 9.72 Å². The summed E-state index contributed by atoms with van der Waals surface area (Å²) in [5.41, 5.74) is 3.62. The minimum Gasteiger partial charge on any atom is -0.377 e. The summed E-state index contributed by atoms with van der Waals surface area (Å²) < 4.78 is 34.1. The van der Waals surface area contributed by atoms with Gasteiger partial charge < -0.3 is 9.64 Å². The van der Waals surface area contributed by atoms with Gasteiger partial charge in [-0.05, 0) is 95.2 Å². The van der Waals surface area contributed by atoms with Crippen molar-refractivity contribution in [1.82, 2.24) is 14.2 Å². The molecule has 0 radical (unpaired) electrons. The van der Waals surface area contributed by atoms with Gasteiger partial charge in [0.05, 0.1) is 21.2 Å². The van der Waals surface area contributed by atoms with Gasteiger partial charge in [-0.25, -0.2) is 13.4 Å². The molecular formula is C27H36N4O4S2. The lowest BCUT2D eigenvalue weighted by Crippen LogP contribution is -2.34. The van der Waals surface area contributed by atoms with Crippen LogP contribution in [0.3, 0.4) is 0 Å². The molecule has 1 aliphatic rings. The number of rotatable bonds is 10. The second kappa shape index (κ2) is 11.6. The number of thiazole rings is 1. The van der Waals surface area contributed by atoms with Crippen LogP contribution in [0, 0.1) is 13.8 Å². The van der Waals surface area contributed by atoms with Crippen molar-refractivity contribution < 1.29 is 17.9 Å². The van der Waals surface area contributed by atoms with E-state index in [1.165, 1.54) is 27.8 Å². The van der Waals surface area contributed by atoms with Crippen molar-refractivity contribution in [2.24, 2.45) is 0 Å². The van der Waals surface area contributed by atoms with Crippen LogP contribution in [0.1, 0.15) is 40.7 Å². The van der Waals surface area contributed by atoms with E-state index in [1.54, 1.807) is 24.1 Å². The van der Waals surface area contributed by atoms with Gasteiger partial charge in [0.25, 0.3) is 5.91 Å². The van der Waals surface area contributed by atoms with E-state index in [1.807, 2.05) is 27.1 Å². The van der Waals surface area contributed by atoms with Crippen LogP contribution in [0.5, 0.6) is 0 Å². The van der Waals surface area contributed by atoms with Crippen LogP contribution in [-0.4, -0.2) is 82.0 Å². The van der Waals surface area contributed by atoms with E-state index < -0.39 is 10.0 Å². The van der Waals surface area contributed by atoms with Crippen LogP contribution < -0.4 is 4.90 Å². The van der Waals surface area contributed by atoms with Gasteiger partial charge >= 0.3 is 0 Å². The van der Waals surface area contributed by atoms with Crippen molar-refractivity contribution >= 4 is 42.6 Å². The van der Waals surface area contributed by atoms with Crippen LogP contribution in [0.25, 0.3) is 10.2 Å². The van der Waals surface area contributed by atoms with Crippen LogP contribution >= 0.6 is 11.3 Å². The Hall–Kier alpha value is -2.37. The fourth-order valence-corrected chi connectivity index (χ4v) is 6.69. The average molecular weight is 545 g/mol. The predicted octanol–water partition coefficient (Wildman–Crippen LogP) is 4.31. The number of fused-ring (bicyclic) bond motifs is 1. The maximum atomic E-state index is 13.7. The minimum absolute atomic E-state index is 0.0717. The summed E-state index contributed by atoms with van der Waals surface area (Å²) in [4.78, 5) is 22.5. The summed E-state index contributed by atoms with van der Waals surface area (Å²) in [7, 11) is 1.90. The standard InChI is InChI=1S/C27H36N4O4S2/c1-19-9-14-24-25(20(19)2)28-27(36-24)31(16-7-15-29(3)4)26(32)21-10-12-23(13-11-21)37(33,34)30(5)18-22-8-6-17-35-22/h9-14,22H,6-8,15-18H2,1-5H3. The Kier molecular flexibility index (Phi) is 8.65. The molecule has 0 saturated carbocycles. The van der Waals surface area contributed by atoms with Gasteiger partial charge in [-0.2, -0.15) is 4.31 Å². The number of anilines is 1. The van der Waals surface area contributed by atoms with Gasteiger partial charge in [0.2, 0.25) is 10.0 Å². The highest BCUT2D eigenvalue weighted by Crippen LogP contribution is 2.33. The first-order valence-electron chi connectivity index (χ1n) is 12.6. The summed E-state index contributed by atoms with van der Waals surface area (Å²) in [6.45, 7) is 6.45. The summed E-state index contributed by atoms with van der Waals surface area (Å²) in [5.74, 6) is -0.191. The molecular weight excluding hydrogens is 508 g/mol. The van der Waals surface area contributed by atoms with Gasteiger partial charge in [-0.15, -0.1) is 0 Å². The maximum absolute atomic E-state index is 13.7. The Balaban J connectivity index is 1.58. The predicted molar refractivity (Wildman–Crippen MR) is 149 cm³/mol. The molecule has 10 heteroatoms. The highest BCUT2D eigenvalue weighted by molar-refractivity contribution is 7.89. The van der Waals surface area contributed by atoms with E-state index in [9.17, 15) is 13.2 Å². The Morgan fingerprint density at radius 2 is 1.81 bits per heavy atom. The molecule has 1 aromatic heterocycles. The Labute approximate surface area is 223 Å². The van der Waals surface area contributed by atoms with Crippen molar-refractivity contribution in [2.45, 2.75) is 44.1 Å². The summed E-state index contributed by atoms with van der Waals surface area (Å²) >= 11 is 1.50. The minimum atomic E-state index is -3.68. The number of hydrogen-bond donors (Lipinski definition) is 0. The Morgan fingerprint density at radius 3 is 2.46 bits per heavy atom. The van der Waals surface area contributed by atoms with E-state index in [2.05, 4.69) is 17.9 Å². The number of likely N-dealkylation sites (N-methyl/N-ethyl adjacent to an activating group) is 1. The molecule has 1 aliphatic heterocycles. The fraction of sp³-hybridized carbons (Fsp3) is 0.481. The van der Waals surface area contributed by atoms with Crippen LogP contribution in [-0.2, 0) is 14.8 Å². The molecule has 37 heavy (non-hydrogen) atoms. The molecule has 0 spiro atoms. The molecule has 1 fully saturated rings. The lowest BCUT2D eigenvalue weighted by atomic mass is 10.1. The normalized spacial score (nSPS) is 16.2. The zero-order valence-corrected chi connectivity index (χ0v) is 23.9. The van der Waals surface area contributed by atoms with Crippen LogP contribution in [0.2, 0.25) is 0 Å². The van der Waals surface area contributed by atoms with Gasteiger partial charge in [0, 0.05) is 32.3 Å². The van der Waals surface area contributed by atoms with Crippen molar-refractivity contribution in [3.63, 3.8) is 0 Å². The zero-order valence-electron chi connectivity index (χ0n) is 22.2. The maximum Gasteiger partial charge on any atom is 0.260 e. The van der Waals surface area contributed by atoms with E-state index in [0.717, 1.165) is 47.2 Å². The molecule has 0 bridgehead atoms. The second-order valence-electron chi connectivity index (χ2n) is 9.91. The third-order valence-electron chi connectivity index (χ3n) is 6.83. The molecule has 200 valence electrons. The van der Waals surface area contributed by atoms with Crippen molar-refractivity contribution in [3.8, 4) is 0 Å². The zero-order chi connectivity index (χ0) is 26.7. The van der Waals surface area contributed by atoms with Crippen LogP contribution in [0.4, 0.5) is 5.13 Å².